The fourth-order valence-electron chi connectivity index (χ4n) is 3.25. The van der Waals surface area contributed by atoms with E-state index in [4.69, 9.17) is 4.74 Å². The normalized spacial score (nSPS) is 11.0. The largest absolute Gasteiger partial charge is 0.464 e. The summed E-state index contributed by atoms with van der Waals surface area (Å²) in [5.41, 5.74) is 5.08. The molecule has 2 N–H and O–H groups in total. The molecule has 140 valence electrons. The van der Waals surface area contributed by atoms with Gasteiger partial charge in [-0.3, -0.25) is 4.79 Å². The summed E-state index contributed by atoms with van der Waals surface area (Å²) in [7, 11) is 1.33. The van der Waals surface area contributed by atoms with Crippen LogP contribution in [0.2, 0.25) is 0 Å². The van der Waals surface area contributed by atoms with Gasteiger partial charge >= 0.3 is 5.97 Å². The SMILES string of the molecule is COC(=O)c1cc2c([nH]c3ccc(NC(=O)c4ccc(C)cc4)cc32)c(C)n1. The van der Waals surface area contributed by atoms with Gasteiger partial charge in [0, 0.05) is 27.5 Å². The second-order valence-electron chi connectivity index (χ2n) is 6.71. The van der Waals surface area contributed by atoms with E-state index in [1.54, 1.807) is 18.2 Å². The van der Waals surface area contributed by atoms with Crippen molar-refractivity contribution < 1.29 is 14.3 Å². The van der Waals surface area contributed by atoms with Crippen LogP contribution in [0.4, 0.5) is 5.69 Å². The number of esters is 1. The van der Waals surface area contributed by atoms with E-state index in [1.807, 2.05) is 44.2 Å². The zero-order valence-corrected chi connectivity index (χ0v) is 15.8. The van der Waals surface area contributed by atoms with E-state index >= 15 is 0 Å². The first-order chi connectivity index (χ1) is 13.5. The maximum atomic E-state index is 12.5. The molecular formula is C22H19N3O3. The molecule has 6 nitrogen and oxygen atoms in total. The monoisotopic (exact) mass is 373 g/mol. The van der Waals surface area contributed by atoms with Crippen molar-refractivity contribution in [2.24, 2.45) is 0 Å². The molecule has 4 rings (SSSR count). The van der Waals surface area contributed by atoms with Crippen molar-refractivity contribution in [2.45, 2.75) is 13.8 Å². The number of nitrogens with one attached hydrogen (secondary N) is 2. The Morgan fingerprint density at radius 3 is 2.46 bits per heavy atom. The van der Waals surface area contributed by atoms with Gasteiger partial charge in [0.15, 0.2) is 0 Å². The number of pyridine rings is 1. The first kappa shape index (κ1) is 17.7. The number of aryl methyl sites for hydroxylation is 2. The lowest BCUT2D eigenvalue weighted by Gasteiger charge is -2.06. The predicted molar refractivity (Wildman–Crippen MR) is 109 cm³/mol. The molecule has 4 aromatic rings. The van der Waals surface area contributed by atoms with Crippen molar-refractivity contribution in [3.05, 3.63) is 71.0 Å². The van der Waals surface area contributed by atoms with Crippen molar-refractivity contribution in [3.63, 3.8) is 0 Å². The van der Waals surface area contributed by atoms with Crippen molar-refractivity contribution in [1.82, 2.24) is 9.97 Å². The smallest absolute Gasteiger partial charge is 0.356 e. The van der Waals surface area contributed by atoms with E-state index in [-0.39, 0.29) is 11.6 Å². The lowest BCUT2D eigenvalue weighted by atomic mass is 10.1. The molecule has 2 aromatic carbocycles. The van der Waals surface area contributed by atoms with Crippen LogP contribution in [0.1, 0.15) is 32.1 Å². The summed E-state index contributed by atoms with van der Waals surface area (Å²) in [5.74, 6) is -0.657. The van der Waals surface area contributed by atoms with Crippen LogP contribution < -0.4 is 5.32 Å². The van der Waals surface area contributed by atoms with E-state index in [1.165, 1.54) is 7.11 Å². The molecule has 0 fully saturated rings. The zero-order chi connectivity index (χ0) is 19.8. The number of aromatic amines is 1. The van der Waals surface area contributed by atoms with Crippen molar-refractivity contribution in [3.8, 4) is 0 Å². The van der Waals surface area contributed by atoms with E-state index < -0.39 is 5.97 Å². The second kappa shape index (κ2) is 6.81. The second-order valence-corrected chi connectivity index (χ2v) is 6.71. The molecule has 0 aliphatic carbocycles. The number of carbonyl (C=O) groups excluding carboxylic acids is 2. The average Bonchev–Trinajstić information content (AvgIpc) is 3.06. The number of rotatable bonds is 3. The highest BCUT2D eigenvalue weighted by Crippen LogP contribution is 2.30. The topological polar surface area (TPSA) is 84.1 Å². The maximum Gasteiger partial charge on any atom is 0.356 e. The number of carbonyl (C=O) groups is 2. The molecule has 0 aliphatic heterocycles. The summed E-state index contributed by atoms with van der Waals surface area (Å²) in [6.07, 6.45) is 0. The van der Waals surface area contributed by atoms with E-state index in [2.05, 4.69) is 15.3 Å². The Hall–Kier alpha value is -3.67. The fourth-order valence-corrected chi connectivity index (χ4v) is 3.25. The summed E-state index contributed by atoms with van der Waals surface area (Å²) >= 11 is 0. The van der Waals surface area contributed by atoms with Gasteiger partial charge in [0.2, 0.25) is 0 Å². The van der Waals surface area contributed by atoms with Gasteiger partial charge < -0.3 is 15.0 Å². The molecule has 0 atom stereocenters. The van der Waals surface area contributed by atoms with Crippen molar-refractivity contribution in [2.75, 3.05) is 12.4 Å². The van der Waals surface area contributed by atoms with Gasteiger partial charge in [0.25, 0.3) is 5.91 Å². The Kier molecular flexibility index (Phi) is 4.31. The minimum atomic E-state index is -0.483. The Balaban J connectivity index is 1.76. The maximum absolute atomic E-state index is 12.5. The molecule has 0 radical (unpaired) electrons. The highest BCUT2D eigenvalue weighted by molar-refractivity contribution is 6.12. The molecule has 2 heterocycles. The number of amides is 1. The van der Waals surface area contributed by atoms with Crippen LogP contribution in [0.5, 0.6) is 0 Å². The Labute approximate surface area is 161 Å². The van der Waals surface area contributed by atoms with Gasteiger partial charge in [-0.15, -0.1) is 0 Å². The van der Waals surface area contributed by atoms with Gasteiger partial charge in [0.05, 0.1) is 18.3 Å². The first-order valence-electron chi connectivity index (χ1n) is 8.85. The number of methoxy groups -OCH3 is 1. The van der Waals surface area contributed by atoms with Crippen LogP contribution in [0.15, 0.2) is 48.5 Å². The molecule has 2 aromatic heterocycles. The molecule has 0 saturated heterocycles. The van der Waals surface area contributed by atoms with Crippen LogP contribution in [0.25, 0.3) is 21.8 Å². The van der Waals surface area contributed by atoms with Crippen LogP contribution in [-0.2, 0) is 4.74 Å². The standard InChI is InChI=1S/C22H19N3O3/c1-12-4-6-14(7-5-12)21(26)24-15-8-9-18-16(10-15)17-11-19(22(27)28-3)23-13(2)20(17)25-18/h4-11,25H,1-3H3,(H,24,26). The third-order valence-electron chi connectivity index (χ3n) is 4.74. The highest BCUT2D eigenvalue weighted by Gasteiger charge is 2.15. The molecule has 0 spiro atoms. The molecule has 0 aliphatic rings. The minimum absolute atomic E-state index is 0.174. The molecule has 1 amide bonds. The summed E-state index contributed by atoms with van der Waals surface area (Å²) in [4.78, 5) is 32.0. The lowest BCUT2D eigenvalue weighted by molar-refractivity contribution is 0.0594. The number of benzene rings is 2. The molecule has 28 heavy (non-hydrogen) atoms. The summed E-state index contributed by atoms with van der Waals surface area (Å²) < 4.78 is 4.79. The number of H-pyrrole nitrogens is 1. The molecule has 0 saturated carbocycles. The van der Waals surface area contributed by atoms with Crippen LogP contribution in [0.3, 0.4) is 0 Å². The Bertz CT molecular complexity index is 1220. The minimum Gasteiger partial charge on any atom is -0.464 e. The van der Waals surface area contributed by atoms with Crippen molar-refractivity contribution >= 4 is 39.4 Å². The van der Waals surface area contributed by atoms with Gasteiger partial charge in [-0.25, -0.2) is 9.78 Å². The Morgan fingerprint density at radius 1 is 1.00 bits per heavy atom. The van der Waals surface area contributed by atoms with E-state index in [0.29, 0.717) is 16.9 Å². The zero-order valence-electron chi connectivity index (χ0n) is 15.8. The number of nitrogens with zero attached hydrogens (tertiary/aromatic N) is 1. The van der Waals surface area contributed by atoms with Crippen molar-refractivity contribution in [1.29, 1.82) is 0 Å². The third kappa shape index (κ3) is 3.09. The van der Waals surface area contributed by atoms with Gasteiger partial charge in [-0.2, -0.15) is 0 Å². The van der Waals surface area contributed by atoms with Gasteiger partial charge in [-0.05, 0) is 50.2 Å². The Morgan fingerprint density at radius 2 is 1.75 bits per heavy atom. The van der Waals surface area contributed by atoms with Crippen LogP contribution in [0, 0.1) is 13.8 Å². The summed E-state index contributed by atoms with van der Waals surface area (Å²) in [5, 5.41) is 4.68. The lowest BCUT2D eigenvalue weighted by Crippen LogP contribution is -2.11. The van der Waals surface area contributed by atoms with E-state index in [0.717, 1.165) is 27.4 Å². The quantitative estimate of drug-likeness (QED) is 0.522. The van der Waals surface area contributed by atoms with Crippen LogP contribution in [-0.4, -0.2) is 29.0 Å². The van der Waals surface area contributed by atoms with Gasteiger partial charge in [0.1, 0.15) is 5.69 Å². The number of hydrogen-bond acceptors (Lipinski definition) is 4. The number of ether oxygens (including phenoxy) is 1. The first-order valence-corrected chi connectivity index (χ1v) is 8.85. The molecule has 0 bridgehead atoms. The molecular weight excluding hydrogens is 354 g/mol. The van der Waals surface area contributed by atoms with E-state index in [9.17, 15) is 9.59 Å². The number of aromatic nitrogens is 2. The summed E-state index contributed by atoms with van der Waals surface area (Å²) in [6.45, 7) is 3.82. The number of fused-ring (bicyclic) bond motifs is 3. The van der Waals surface area contributed by atoms with Crippen LogP contribution >= 0.6 is 0 Å². The third-order valence-corrected chi connectivity index (χ3v) is 4.74. The molecule has 0 unspecified atom stereocenters. The summed E-state index contributed by atoms with van der Waals surface area (Å²) in [6, 6.07) is 14.7. The highest BCUT2D eigenvalue weighted by atomic mass is 16.5. The molecule has 6 heteroatoms. The average molecular weight is 373 g/mol. The fraction of sp³-hybridized carbons (Fsp3) is 0.136. The van der Waals surface area contributed by atoms with Gasteiger partial charge in [-0.1, -0.05) is 17.7 Å². The number of hydrogen-bond donors (Lipinski definition) is 2. The number of anilines is 1. The predicted octanol–water partition coefficient (Wildman–Crippen LogP) is 4.37.